The van der Waals surface area contributed by atoms with Gasteiger partial charge in [0.25, 0.3) is 0 Å². The quantitative estimate of drug-likeness (QED) is 0.791. The SMILES string of the molecule is O=C(CCCc1ccccc1)CC1CNC1. The highest BCUT2D eigenvalue weighted by molar-refractivity contribution is 5.78. The maximum absolute atomic E-state index is 11.6. The van der Waals surface area contributed by atoms with Crippen molar-refractivity contribution < 1.29 is 4.79 Å². The lowest BCUT2D eigenvalue weighted by molar-refractivity contribution is -0.120. The van der Waals surface area contributed by atoms with Gasteiger partial charge in [0.15, 0.2) is 0 Å². The van der Waals surface area contributed by atoms with Crippen molar-refractivity contribution in [2.45, 2.75) is 25.7 Å². The molecule has 0 spiro atoms. The summed E-state index contributed by atoms with van der Waals surface area (Å²) in [6, 6.07) is 10.4. The smallest absolute Gasteiger partial charge is 0.133 e. The third-order valence-electron chi connectivity index (χ3n) is 3.15. The molecule has 1 fully saturated rings. The van der Waals surface area contributed by atoms with Crippen LogP contribution in [0.3, 0.4) is 0 Å². The third kappa shape index (κ3) is 3.46. The third-order valence-corrected chi connectivity index (χ3v) is 3.15. The number of hydrogen-bond acceptors (Lipinski definition) is 2. The Kier molecular flexibility index (Phi) is 4.11. The van der Waals surface area contributed by atoms with E-state index in [9.17, 15) is 4.79 Å². The Hall–Kier alpha value is -1.15. The fraction of sp³-hybridized carbons (Fsp3) is 0.500. The van der Waals surface area contributed by atoms with Crippen LogP contribution in [0, 0.1) is 5.92 Å². The van der Waals surface area contributed by atoms with E-state index in [4.69, 9.17) is 0 Å². The minimum Gasteiger partial charge on any atom is -0.316 e. The van der Waals surface area contributed by atoms with Crippen LogP contribution in [0.2, 0.25) is 0 Å². The number of benzene rings is 1. The molecule has 1 saturated heterocycles. The minimum atomic E-state index is 0.433. The van der Waals surface area contributed by atoms with E-state index < -0.39 is 0 Å². The summed E-state index contributed by atoms with van der Waals surface area (Å²) in [6.45, 7) is 2.06. The summed E-state index contributed by atoms with van der Waals surface area (Å²) in [4.78, 5) is 11.6. The molecule has 16 heavy (non-hydrogen) atoms. The van der Waals surface area contributed by atoms with Crippen molar-refractivity contribution in [3.63, 3.8) is 0 Å². The van der Waals surface area contributed by atoms with Crippen LogP contribution < -0.4 is 5.32 Å². The first-order valence-corrected chi connectivity index (χ1v) is 6.11. The van der Waals surface area contributed by atoms with Gasteiger partial charge in [0.05, 0.1) is 0 Å². The molecular formula is C14H19NO. The van der Waals surface area contributed by atoms with Crippen LogP contribution in [0.4, 0.5) is 0 Å². The highest BCUT2D eigenvalue weighted by Crippen LogP contribution is 2.12. The van der Waals surface area contributed by atoms with Crippen LogP contribution in [0.15, 0.2) is 30.3 Å². The predicted octanol–water partition coefficient (Wildman–Crippen LogP) is 2.19. The molecule has 86 valence electrons. The molecule has 1 aliphatic rings. The lowest BCUT2D eigenvalue weighted by Gasteiger charge is -2.26. The highest BCUT2D eigenvalue weighted by atomic mass is 16.1. The molecule has 0 bridgehead atoms. The maximum Gasteiger partial charge on any atom is 0.133 e. The Morgan fingerprint density at radius 2 is 2.00 bits per heavy atom. The zero-order valence-electron chi connectivity index (χ0n) is 9.61. The Morgan fingerprint density at radius 3 is 2.62 bits per heavy atom. The Balaban J connectivity index is 1.62. The van der Waals surface area contributed by atoms with Gasteiger partial charge in [0, 0.05) is 12.8 Å². The number of carbonyl (C=O) groups excluding carboxylic acids is 1. The maximum atomic E-state index is 11.6. The van der Waals surface area contributed by atoms with E-state index in [-0.39, 0.29) is 0 Å². The summed E-state index contributed by atoms with van der Waals surface area (Å²) in [7, 11) is 0. The Bertz CT molecular complexity index is 330. The van der Waals surface area contributed by atoms with E-state index in [2.05, 4.69) is 29.6 Å². The van der Waals surface area contributed by atoms with E-state index in [0.29, 0.717) is 11.7 Å². The minimum absolute atomic E-state index is 0.433. The lowest BCUT2D eigenvalue weighted by Crippen LogP contribution is -2.42. The highest BCUT2D eigenvalue weighted by Gasteiger charge is 2.19. The van der Waals surface area contributed by atoms with Crippen molar-refractivity contribution in [3.05, 3.63) is 35.9 Å². The fourth-order valence-electron chi connectivity index (χ4n) is 2.05. The van der Waals surface area contributed by atoms with Gasteiger partial charge in [-0.1, -0.05) is 30.3 Å². The normalized spacial score (nSPS) is 15.8. The second kappa shape index (κ2) is 5.80. The molecule has 1 aliphatic heterocycles. The summed E-state index contributed by atoms with van der Waals surface area (Å²) in [5, 5.41) is 3.20. The molecule has 1 N–H and O–H groups in total. The number of nitrogens with one attached hydrogen (secondary N) is 1. The van der Waals surface area contributed by atoms with Gasteiger partial charge in [-0.25, -0.2) is 0 Å². The summed E-state index contributed by atoms with van der Waals surface area (Å²) in [5.74, 6) is 1.05. The molecular weight excluding hydrogens is 198 g/mol. The van der Waals surface area contributed by atoms with Gasteiger partial charge in [-0.05, 0) is 37.4 Å². The topological polar surface area (TPSA) is 29.1 Å². The summed E-state index contributed by atoms with van der Waals surface area (Å²) < 4.78 is 0. The van der Waals surface area contributed by atoms with Gasteiger partial charge in [-0.15, -0.1) is 0 Å². The van der Waals surface area contributed by atoms with E-state index in [1.807, 2.05) is 6.07 Å². The van der Waals surface area contributed by atoms with Crippen molar-refractivity contribution in [2.24, 2.45) is 5.92 Å². The van der Waals surface area contributed by atoms with Crippen LogP contribution in [0.5, 0.6) is 0 Å². The molecule has 0 unspecified atom stereocenters. The predicted molar refractivity (Wildman–Crippen MR) is 65.4 cm³/mol. The standard InChI is InChI=1S/C14H19NO/c16-14(9-13-10-15-11-13)8-4-7-12-5-2-1-3-6-12/h1-3,5-6,13,15H,4,7-11H2. The average molecular weight is 217 g/mol. The van der Waals surface area contributed by atoms with Crippen molar-refractivity contribution in [1.29, 1.82) is 0 Å². The van der Waals surface area contributed by atoms with Crippen molar-refractivity contribution in [2.75, 3.05) is 13.1 Å². The van der Waals surface area contributed by atoms with Gasteiger partial charge in [-0.3, -0.25) is 4.79 Å². The molecule has 0 atom stereocenters. The molecule has 2 rings (SSSR count). The Labute approximate surface area is 97.1 Å². The summed E-state index contributed by atoms with van der Waals surface area (Å²) in [5.41, 5.74) is 1.33. The fourth-order valence-corrected chi connectivity index (χ4v) is 2.05. The lowest BCUT2D eigenvalue weighted by atomic mass is 9.94. The molecule has 1 aromatic rings. The average Bonchev–Trinajstić information content (AvgIpc) is 2.25. The monoisotopic (exact) mass is 217 g/mol. The number of ketones is 1. The van der Waals surface area contributed by atoms with Crippen LogP contribution in [-0.4, -0.2) is 18.9 Å². The number of hydrogen-bond donors (Lipinski definition) is 1. The first-order valence-electron chi connectivity index (χ1n) is 6.11. The van der Waals surface area contributed by atoms with E-state index in [1.165, 1.54) is 5.56 Å². The van der Waals surface area contributed by atoms with Gasteiger partial charge in [0.2, 0.25) is 0 Å². The number of aryl methyl sites for hydroxylation is 1. The zero-order chi connectivity index (χ0) is 11.2. The Morgan fingerprint density at radius 1 is 1.25 bits per heavy atom. The summed E-state index contributed by atoms with van der Waals surface area (Å²) in [6.07, 6.45) is 3.53. The van der Waals surface area contributed by atoms with Crippen LogP contribution in [0.25, 0.3) is 0 Å². The largest absolute Gasteiger partial charge is 0.316 e. The molecule has 1 aromatic carbocycles. The van der Waals surface area contributed by atoms with E-state index in [1.54, 1.807) is 0 Å². The summed E-state index contributed by atoms with van der Waals surface area (Å²) >= 11 is 0. The molecule has 2 heteroatoms. The number of Topliss-reactive ketones (excluding diaryl/α,β-unsaturated/α-hetero) is 1. The van der Waals surface area contributed by atoms with Crippen molar-refractivity contribution in [1.82, 2.24) is 5.32 Å². The van der Waals surface area contributed by atoms with Gasteiger partial charge in [-0.2, -0.15) is 0 Å². The molecule has 0 aliphatic carbocycles. The molecule has 2 nitrogen and oxygen atoms in total. The zero-order valence-corrected chi connectivity index (χ0v) is 9.61. The van der Waals surface area contributed by atoms with Crippen molar-refractivity contribution >= 4 is 5.78 Å². The van der Waals surface area contributed by atoms with Crippen LogP contribution >= 0.6 is 0 Å². The van der Waals surface area contributed by atoms with Crippen LogP contribution in [-0.2, 0) is 11.2 Å². The first kappa shape index (κ1) is 11.3. The molecule has 1 heterocycles. The first-order chi connectivity index (χ1) is 7.84. The van der Waals surface area contributed by atoms with Gasteiger partial charge >= 0.3 is 0 Å². The molecule has 0 aromatic heterocycles. The molecule has 0 radical (unpaired) electrons. The van der Waals surface area contributed by atoms with Gasteiger partial charge < -0.3 is 5.32 Å². The number of carbonyl (C=O) groups is 1. The second-order valence-corrected chi connectivity index (χ2v) is 4.61. The van der Waals surface area contributed by atoms with E-state index >= 15 is 0 Å². The number of rotatable bonds is 6. The molecule has 0 amide bonds. The van der Waals surface area contributed by atoms with E-state index in [0.717, 1.165) is 38.8 Å². The second-order valence-electron chi connectivity index (χ2n) is 4.61. The van der Waals surface area contributed by atoms with Gasteiger partial charge in [0.1, 0.15) is 5.78 Å². The molecule has 0 saturated carbocycles. The van der Waals surface area contributed by atoms with Crippen LogP contribution in [0.1, 0.15) is 24.8 Å². The van der Waals surface area contributed by atoms with Crippen molar-refractivity contribution in [3.8, 4) is 0 Å².